The molecule has 0 amide bonds. The van der Waals surface area contributed by atoms with Gasteiger partial charge >= 0.3 is 5.97 Å². The second kappa shape index (κ2) is 6.87. The maximum Gasteiger partial charge on any atom is 0.338 e. The van der Waals surface area contributed by atoms with Crippen LogP contribution in [0.5, 0.6) is 0 Å². The zero-order chi connectivity index (χ0) is 17.3. The van der Waals surface area contributed by atoms with E-state index >= 15 is 0 Å². The van der Waals surface area contributed by atoms with Gasteiger partial charge in [0.2, 0.25) is 0 Å². The summed E-state index contributed by atoms with van der Waals surface area (Å²) in [5, 5.41) is 0.852. The molecule has 3 rings (SSSR count). The first-order valence-corrected chi connectivity index (χ1v) is 8.62. The summed E-state index contributed by atoms with van der Waals surface area (Å²) in [5.74, 6) is -0.808. The second-order valence-electron chi connectivity index (χ2n) is 5.21. The number of hydrogen-bond donors (Lipinski definition) is 1. The molecule has 0 spiro atoms. The maximum absolute atomic E-state index is 14.2. The average Bonchev–Trinajstić information content (AvgIpc) is 2.88. The molecule has 0 radical (unpaired) electrons. The highest BCUT2D eigenvalue weighted by Crippen LogP contribution is 2.38. The largest absolute Gasteiger partial charge is 0.462 e. The van der Waals surface area contributed by atoms with Crippen LogP contribution in [0.25, 0.3) is 10.9 Å². The van der Waals surface area contributed by atoms with Crippen molar-refractivity contribution in [1.82, 2.24) is 4.98 Å². The van der Waals surface area contributed by atoms with Crippen LogP contribution >= 0.6 is 23.4 Å². The van der Waals surface area contributed by atoms with E-state index in [0.29, 0.717) is 17.7 Å². The van der Waals surface area contributed by atoms with Gasteiger partial charge < -0.3 is 9.72 Å². The highest BCUT2D eigenvalue weighted by Gasteiger charge is 2.16. The lowest BCUT2D eigenvalue weighted by Gasteiger charge is -2.05. The Balaban J connectivity index is 1.99. The third kappa shape index (κ3) is 3.14. The van der Waals surface area contributed by atoms with Crippen molar-refractivity contribution >= 4 is 40.2 Å². The molecule has 0 aliphatic heterocycles. The third-order valence-electron chi connectivity index (χ3n) is 3.56. The van der Waals surface area contributed by atoms with Crippen LogP contribution in [0.15, 0.2) is 46.2 Å². The van der Waals surface area contributed by atoms with Crippen LogP contribution in [0.1, 0.15) is 23.0 Å². The van der Waals surface area contributed by atoms with Crippen molar-refractivity contribution in [2.24, 2.45) is 0 Å². The summed E-state index contributed by atoms with van der Waals surface area (Å²) < 4.78 is 19.2. The van der Waals surface area contributed by atoms with E-state index in [1.165, 1.54) is 11.8 Å². The fraction of sp³-hybridized carbons (Fsp3) is 0.167. The molecule has 1 heterocycles. The molecule has 0 saturated heterocycles. The number of benzene rings is 2. The van der Waals surface area contributed by atoms with Gasteiger partial charge in [-0.15, -0.1) is 0 Å². The zero-order valence-corrected chi connectivity index (χ0v) is 14.7. The first-order valence-electron chi connectivity index (χ1n) is 7.42. The SMILES string of the molecule is CCOC(=O)c1cccc(Sc2c(C)[nH]c3c(F)c(Cl)ccc23)c1. The maximum atomic E-state index is 14.2. The molecule has 124 valence electrons. The first kappa shape index (κ1) is 16.9. The Morgan fingerprint density at radius 1 is 1.33 bits per heavy atom. The van der Waals surface area contributed by atoms with Crippen LogP contribution in [-0.2, 0) is 4.74 Å². The van der Waals surface area contributed by atoms with Crippen molar-refractivity contribution < 1.29 is 13.9 Å². The average molecular weight is 364 g/mol. The quantitative estimate of drug-likeness (QED) is 0.614. The van der Waals surface area contributed by atoms with Crippen LogP contribution in [0.2, 0.25) is 5.02 Å². The number of aromatic nitrogens is 1. The number of H-pyrrole nitrogens is 1. The van der Waals surface area contributed by atoms with Crippen LogP contribution < -0.4 is 0 Å². The summed E-state index contributed by atoms with van der Waals surface area (Å²) in [5.41, 5.74) is 1.73. The summed E-state index contributed by atoms with van der Waals surface area (Å²) in [6.07, 6.45) is 0. The lowest BCUT2D eigenvalue weighted by Crippen LogP contribution is -2.04. The third-order valence-corrected chi connectivity index (χ3v) is 5.07. The van der Waals surface area contributed by atoms with Crippen molar-refractivity contribution in [2.45, 2.75) is 23.6 Å². The molecule has 0 aliphatic carbocycles. The first-order chi connectivity index (χ1) is 11.5. The molecule has 0 aliphatic rings. The van der Waals surface area contributed by atoms with Crippen LogP contribution in [0, 0.1) is 12.7 Å². The molecule has 24 heavy (non-hydrogen) atoms. The van der Waals surface area contributed by atoms with Crippen LogP contribution in [0.4, 0.5) is 4.39 Å². The van der Waals surface area contributed by atoms with Gasteiger partial charge in [0, 0.05) is 20.9 Å². The molecule has 1 N–H and O–H groups in total. The molecule has 6 heteroatoms. The smallest absolute Gasteiger partial charge is 0.338 e. The van der Waals surface area contributed by atoms with E-state index in [4.69, 9.17) is 16.3 Å². The lowest BCUT2D eigenvalue weighted by molar-refractivity contribution is 0.0526. The van der Waals surface area contributed by atoms with E-state index in [1.807, 2.05) is 13.0 Å². The second-order valence-corrected chi connectivity index (χ2v) is 6.70. The Hall–Kier alpha value is -1.98. The molecule has 3 nitrogen and oxygen atoms in total. The molecular weight excluding hydrogens is 349 g/mol. The molecule has 2 aromatic carbocycles. The van der Waals surface area contributed by atoms with Crippen molar-refractivity contribution in [3.05, 3.63) is 58.5 Å². The number of carbonyl (C=O) groups excluding carboxylic acids is 1. The lowest BCUT2D eigenvalue weighted by atomic mass is 10.2. The van der Waals surface area contributed by atoms with E-state index in [0.717, 1.165) is 20.9 Å². The van der Waals surface area contributed by atoms with E-state index < -0.39 is 5.82 Å². The normalized spacial score (nSPS) is 11.0. The van der Waals surface area contributed by atoms with Crippen molar-refractivity contribution in [3.63, 3.8) is 0 Å². The monoisotopic (exact) mass is 363 g/mol. The van der Waals surface area contributed by atoms with Gasteiger partial charge in [-0.2, -0.15) is 0 Å². The van der Waals surface area contributed by atoms with Gasteiger partial charge in [0.25, 0.3) is 0 Å². The number of rotatable bonds is 4. The Labute approximate surface area is 148 Å². The standard InChI is InChI=1S/C18H15ClFNO2S/c1-3-23-18(22)11-5-4-6-12(9-11)24-17-10(2)21-16-13(17)7-8-14(19)15(16)20/h4-9,21H,3H2,1-2H3. The Morgan fingerprint density at radius 3 is 2.88 bits per heavy atom. The molecule has 1 aromatic heterocycles. The topological polar surface area (TPSA) is 42.1 Å². The molecule has 0 unspecified atom stereocenters. The number of aryl methyl sites for hydroxylation is 1. The summed E-state index contributed by atoms with van der Waals surface area (Å²) in [7, 11) is 0. The fourth-order valence-corrected chi connectivity index (χ4v) is 3.67. The predicted octanol–water partition coefficient (Wildman–Crippen LogP) is 5.60. The molecule has 0 atom stereocenters. The van der Waals surface area contributed by atoms with Gasteiger partial charge in [0.05, 0.1) is 22.7 Å². The molecule has 0 saturated carbocycles. The minimum atomic E-state index is -0.454. The highest BCUT2D eigenvalue weighted by atomic mass is 35.5. The van der Waals surface area contributed by atoms with Gasteiger partial charge in [0.15, 0.2) is 5.82 Å². The molecule has 0 fully saturated rings. The number of hydrogen-bond acceptors (Lipinski definition) is 3. The van der Waals surface area contributed by atoms with Gasteiger partial charge in [-0.05, 0) is 44.2 Å². The number of fused-ring (bicyclic) bond motifs is 1. The molecule has 3 aromatic rings. The Kier molecular flexibility index (Phi) is 4.83. The van der Waals surface area contributed by atoms with Crippen molar-refractivity contribution in [1.29, 1.82) is 0 Å². The summed E-state index contributed by atoms with van der Waals surface area (Å²) in [6.45, 7) is 3.98. The summed E-state index contributed by atoms with van der Waals surface area (Å²) >= 11 is 7.31. The fourth-order valence-electron chi connectivity index (χ4n) is 2.46. The summed E-state index contributed by atoms with van der Waals surface area (Å²) in [4.78, 5) is 16.7. The molecule has 0 bridgehead atoms. The number of nitrogens with one attached hydrogen (secondary N) is 1. The highest BCUT2D eigenvalue weighted by molar-refractivity contribution is 7.99. The van der Waals surface area contributed by atoms with Gasteiger partial charge in [-0.3, -0.25) is 0 Å². The van der Waals surface area contributed by atoms with E-state index in [-0.39, 0.29) is 11.0 Å². The minimum Gasteiger partial charge on any atom is -0.462 e. The predicted molar refractivity (Wildman–Crippen MR) is 94.5 cm³/mol. The van der Waals surface area contributed by atoms with E-state index in [9.17, 15) is 9.18 Å². The molecular formula is C18H15ClFNO2S. The van der Waals surface area contributed by atoms with Crippen molar-refractivity contribution in [3.8, 4) is 0 Å². The van der Waals surface area contributed by atoms with Crippen LogP contribution in [-0.4, -0.2) is 17.6 Å². The van der Waals surface area contributed by atoms with Crippen molar-refractivity contribution in [2.75, 3.05) is 6.61 Å². The van der Waals surface area contributed by atoms with Gasteiger partial charge in [0.1, 0.15) is 0 Å². The minimum absolute atomic E-state index is 0.0876. The van der Waals surface area contributed by atoms with E-state index in [1.54, 1.807) is 37.3 Å². The van der Waals surface area contributed by atoms with Gasteiger partial charge in [-0.1, -0.05) is 29.4 Å². The summed E-state index contributed by atoms with van der Waals surface area (Å²) in [6, 6.07) is 10.5. The zero-order valence-electron chi connectivity index (χ0n) is 13.2. The number of halogens is 2. The number of ether oxygens (including phenoxy) is 1. The Bertz CT molecular complexity index is 923. The Morgan fingerprint density at radius 2 is 2.12 bits per heavy atom. The number of esters is 1. The number of aromatic amines is 1. The van der Waals surface area contributed by atoms with Gasteiger partial charge in [-0.25, -0.2) is 9.18 Å². The van der Waals surface area contributed by atoms with E-state index in [2.05, 4.69) is 4.98 Å². The number of carbonyl (C=O) groups is 1. The van der Waals surface area contributed by atoms with Crippen LogP contribution in [0.3, 0.4) is 0 Å².